The highest BCUT2D eigenvalue weighted by Crippen LogP contribution is 2.25. The third-order valence-electron chi connectivity index (χ3n) is 4.05. The highest BCUT2D eigenvalue weighted by atomic mass is 32.1. The molecule has 0 bridgehead atoms. The quantitative estimate of drug-likeness (QED) is 0.627. The summed E-state index contributed by atoms with van der Waals surface area (Å²) in [5.41, 5.74) is 3.13. The second-order valence-corrected chi connectivity index (χ2v) is 6.75. The molecule has 0 aliphatic carbocycles. The predicted octanol–water partition coefficient (Wildman–Crippen LogP) is 5.35. The summed E-state index contributed by atoms with van der Waals surface area (Å²) in [4.78, 5) is 15.7. The molecule has 122 valence electrons. The summed E-state index contributed by atoms with van der Waals surface area (Å²) in [6.07, 6.45) is 0. The van der Waals surface area contributed by atoms with E-state index in [1.165, 1.54) is 12.1 Å². The van der Waals surface area contributed by atoms with Crippen LogP contribution in [0, 0.1) is 19.7 Å². The summed E-state index contributed by atoms with van der Waals surface area (Å²) in [5, 5.41) is 1.97. The Balaban J connectivity index is 2.02. The Morgan fingerprint density at radius 1 is 1.04 bits per heavy atom. The van der Waals surface area contributed by atoms with E-state index in [9.17, 15) is 9.18 Å². The van der Waals surface area contributed by atoms with Gasteiger partial charge in [-0.05, 0) is 60.7 Å². The number of amides is 1. The number of rotatable bonds is 4. The van der Waals surface area contributed by atoms with Gasteiger partial charge >= 0.3 is 0 Å². The van der Waals surface area contributed by atoms with Crippen LogP contribution in [0.3, 0.4) is 0 Å². The molecule has 0 spiro atoms. The SMILES string of the molecule is Cc1ccc(N(Cc2cccs2)C(=O)c2ccccc2F)cc1C. The molecule has 2 aromatic carbocycles. The van der Waals surface area contributed by atoms with E-state index in [0.717, 1.165) is 21.7 Å². The topological polar surface area (TPSA) is 20.3 Å². The molecule has 2 nitrogen and oxygen atoms in total. The van der Waals surface area contributed by atoms with Gasteiger partial charge in [0.2, 0.25) is 0 Å². The van der Waals surface area contributed by atoms with E-state index < -0.39 is 5.82 Å². The monoisotopic (exact) mass is 339 g/mol. The fourth-order valence-electron chi connectivity index (χ4n) is 2.51. The van der Waals surface area contributed by atoms with Gasteiger partial charge < -0.3 is 4.90 Å². The largest absolute Gasteiger partial charge is 0.303 e. The molecule has 24 heavy (non-hydrogen) atoms. The molecule has 0 unspecified atom stereocenters. The number of halogens is 1. The third kappa shape index (κ3) is 3.39. The average Bonchev–Trinajstić information content (AvgIpc) is 3.08. The maximum absolute atomic E-state index is 14.1. The Hall–Kier alpha value is -2.46. The first kappa shape index (κ1) is 16.4. The van der Waals surface area contributed by atoms with Crippen molar-refractivity contribution in [1.82, 2.24) is 0 Å². The summed E-state index contributed by atoms with van der Waals surface area (Å²) < 4.78 is 14.1. The van der Waals surface area contributed by atoms with E-state index in [1.807, 2.05) is 49.6 Å². The van der Waals surface area contributed by atoms with Gasteiger partial charge in [-0.3, -0.25) is 4.79 Å². The van der Waals surface area contributed by atoms with Gasteiger partial charge in [0.25, 0.3) is 5.91 Å². The van der Waals surface area contributed by atoms with Crippen molar-refractivity contribution in [2.45, 2.75) is 20.4 Å². The highest BCUT2D eigenvalue weighted by Gasteiger charge is 2.21. The minimum atomic E-state index is -0.498. The molecule has 3 rings (SSSR count). The summed E-state index contributed by atoms with van der Waals surface area (Å²) >= 11 is 1.58. The molecule has 0 aliphatic rings. The molecule has 0 atom stereocenters. The zero-order chi connectivity index (χ0) is 17.1. The maximum atomic E-state index is 14.1. The number of carbonyl (C=O) groups excluding carboxylic acids is 1. The molecule has 3 aromatic rings. The number of nitrogens with zero attached hydrogens (tertiary/aromatic N) is 1. The van der Waals surface area contributed by atoms with Crippen LogP contribution in [0.4, 0.5) is 10.1 Å². The van der Waals surface area contributed by atoms with E-state index in [2.05, 4.69) is 0 Å². The molecule has 1 aromatic heterocycles. The van der Waals surface area contributed by atoms with Crippen molar-refractivity contribution in [2.75, 3.05) is 4.90 Å². The average molecular weight is 339 g/mol. The molecule has 0 N–H and O–H groups in total. The van der Waals surface area contributed by atoms with Crippen LogP contribution in [0.5, 0.6) is 0 Å². The van der Waals surface area contributed by atoms with Gasteiger partial charge in [-0.25, -0.2) is 4.39 Å². The van der Waals surface area contributed by atoms with Crippen LogP contribution < -0.4 is 4.90 Å². The number of benzene rings is 2. The van der Waals surface area contributed by atoms with Crippen LogP contribution in [-0.2, 0) is 6.54 Å². The van der Waals surface area contributed by atoms with Crippen LogP contribution in [0.25, 0.3) is 0 Å². The Kier molecular flexibility index (Phi) is 4.76. The number of hydrogen-bond acceptors (Lipinski definition) is 2. The number of hydrogen-bond donors (Lipinski definition) is 0. The van der Waals surface area contributed by atoms with Crippen molar-refractivity contribution >= 4 is 22.9 Å². The van der Waals surface area contributed by atoms with Gasteiger partial charge in [-0.2, -0.15) is 0 Å². The molecule has 0 saturated carbocycles. The van der Waals surface area contributed by atoms with Crippen molar-refractivity contribution in [3.05, 3.63) is 87.4 Å². The molecule has 0 fully saturated rings. The van der Waals surface area contributed by atoms with E-state index in [4.69, 9.17) is 0 Å². The minimum absolute atomic E-state index is 0.0901. The van der Waals surface area contributed by atoms with Gasteiger partial charge in [0.05, 0.1) is 12.1 Å². The molecule has 0 aliphatic heterocycles. The zero-order valence-corrected chi connectivity index (χ0v) is 14.4. The summed E-state index contributed by atoms with van der Waals surface area (Å²) in [6.45, 7) is 4.46. The Morgan fingerprint density at radius 2 is 1.83 bits per heavy atom. The fourth-order valence-corrected chi connectivity index (χ4v) is 3.20. The Morgan fingerprint density at radius 3 is 2.50 bits per heavy atom. The zero-order valence-electron chi connectivity index (χ0n) is 13.6. The Labute approximate surface area is 145 Å². The second kappa shape index (κ2) is 6.97. The van der Waals surface area contributed by atoms with E-state index >= 15 is 0 Å². The summed E-state index contributed by atoms with van der Waals surface area (Å²) in [7, 11) is 0. The summed E-state index contributed by atoms with van der Waals surface area (Å²) in [6, 6.07) is 15.9. The first-order valence-corrected chi connectivity index (χ1v) is 8.60. The Bertz CT molecular complexity index is 858. The number of carbonyl (C=O) groups is 1. The van der Waals surface area contributed by atoms with Crippen LogP contribution in [0.1, 0.15) is 26.4 Å². The number of anilines is 1. The highest BCUT2D eigenvalue weighted by molar-refractivity contribution is 7.09. The molecule has 1 amide bonds. The predicted molar refractivity (Wildman–Crippen MR) is 97.1 cm³/mol. The second-order valence-electron chi connectivity index (χ2n) is 5.72. The molecular weight excluding hydrogens is 321 g/mol. The van der Waals surface area contributed by atoms with Gasteiger partial charge in [0.15, 0.2) is 0 Å². The van der Waals surface area contributed by atoms with Gasteiger partial charge in [-0.1, -0.05) is 24.3 Å². The van der Waals surface area contributed by atoms with Crippen LogP contribution in [-0.4, -0.2) is 5.91 Å². The van der Waals surface area contributed by atoms with Gasteiger partial charge in [0.1, 0.15) is 5.82 Å². The van der Waals surface area contributed by atoms with Crippen molar-refractivity contribution in [3.63, 3.8) is 0 Å². The maximum Gasteiger partial charge on any atom is 0.261 e. The first-order chi connectivity index (χ1) is 11.6. The first-order valence-electron chi connectivity index (χ1n) is 7.72. The molecule has 0 radical (unpaired) electrons. The van der Waals surface area contributed by atoms with Crippen LogP contribution >= 0.6 is 11.3 Å². The lowest BCUT2D eigenvalue weighted by Crippen LogP contribution is -2.30. The molecule has 0 saturated heterocycles. The van der Waals surface area contributed by atoms with Gasteiger partial charge in [0, 0.05) is 10.6 Å². The van der Waals surface area contributed by atoms with E-state index in [0.29, 0.717) is 6.54 Å². The molecule has 1 heterocycles. The third-order valence-corrected chi connectivity index (χ3v) is 4.91. The van der Waals surface area contributed by atoms with Gasteiger partial charge in [-0.15, -0.1) is 11.3 Å². The lowest BCUT2D eigenvalue weighted by molar-refractivity contribution is 0.0981. The van der Waals surface area contributed by atoms with Crippen molar-refractivity contribution in [1.29, 1.82) is 0 Å². The normalized spacial score (nSPS) is 10.6. The standard InChI is InChI=1S/C20H18FNOS/c1-14-9-10-16(12-15(14)2)22(13-17-6-5-11-24-17)20(23)18-7-3-4-8-19(18)21/h3-12H,13H2,1-2H3. The van der Waals surface area contributed by atoms with Crippen LogP contribution in [0.15, 0.2) is 60.0 Å². The van der Waals surface area contributed by atoms with Crippen molar-refractivity contribution < 1.29 is 9.18 Å². The molecule has 4 heteroatoms. The van der Waals surface area contributed by atoms with Crippen LogP contribution in [0.2, 0.25) is 0 Å². The molecular formula is C20H18FNOS. The van der Waals surface area contributed by atoms with Crippen molar-refractivity contribution in [3.8, 4) is 0 Å². The van der Waals surface area contributed by atoms with E-state index in [1.54, 1.807) is 28.4 Å². The smallest absolute Gasteiger partial charge is 0.261 e. The lowest BCUT2D eigenvalue weighted by Gasteiger charge is -2.23. The summed E-state index contributed by atoms with van der Waals surface area (Å²) in [5.74, 6) is -0.827. The number of aryl methyl sites for hydroxylation is 2. The fraction of sp³-hybridized carbons (Fsp3) is 0.150. The minimum Gasteiger partial charge on any atom is -0.303 e. The van der Waals surface area contributed by atoms with E-state index in [-0.39, 0.29) is 11.5 Å². The number of thiophene rings is 1. The van der Waals surface area contributed by atoms with Crippen molar-refractivity contribution in [2.24, 2.45) is 0 Å². The lowest BCUT2D eigenvalue weighted by atomic mass is 10.1.